The van der Waals surface area contributed by atoms with Crippen LogP contribution in [0.1, 0.15) is 32.4 Å². The van der Waals surface area contributed by atoms with E-state index in [-0.39, 0.29) is 0 Å². The fourth-order valence-electron chi connectivity index (χ4n) is 1.12. The third kappa shape index (κ3) is 4.63. The lowest BCUT2D eigenvalue weighted by Crippen LogP contribution is -2.07. The predicted molar refractivity (Wildman–Crippen MR) is 72.1 cm³/mol. The third-order valence-electron chi connectivity index (χ3n) is 2.00. The molecule has 0 aliphatic heterocycles. The van der Waals surface area contributed by atoms with E-state index in [0.717, 1.165) is 28.9 Å². The van der Waals surface area contributed by atoms with Gasteiger partial charge in [-0.1, -0.05) is 23.8 Å². The van der Waals surface area contributed by atoms with Gasteiger partial charge in [0.1, 0.15) is 16.1 Å². The van der Waals surface area contributed by atoms with Crippen LogP contribution in [0.5, 0.6) is 0 Å². The summed E-state index contributed by atoms with van der Waals surface area (Å²) in [5.74, 6) is 0.627. The molecule has 0 aliphatic carbocycles. The molecule has 0 aliphatic rings. The van der Waals surface area contributed by atoms with Crippen LogP contribution in [-0.2, 0) is 11.4 Å². The number of nitrogens with zero attached hydrogens (tertiary/aromatic N) is 2. The molecule has 1 rings (SSSR count). The summed E-state index contributed by atoms with van der Waals surface area (Å²) in [7, 11) is 0. The van der Waals surface area contributed by atoms with Crippen LogP contribution in [0.25, 0.3) is 0 Å². The van der Waals surface area contributed by atoms with E-state index in [0.29, 0.717) is 5.75 Å². The summed E-state index contributed by atoms with van der Waals surface area (Å²) in [4.78, 5) is 4.26. The van der Waals surface area contributed by atoms with Gasteiger partial charge < -0.3 is 4.55 Å². The Morgan fingerprint density at radius 1 is 1.56 bits per heavy atom. The largest absolute Gasteiger partial charge is 0.591 e. The van der Waals surface area contributed by atoms with Crippen molar-refractivity contribution in [2.24, 2.45) is 4.40 Å². The molecule has 0 aromatic carbocycles. The Bertz CT molecular complexity index is 371. The van der Waals surface area contributed by atoms with Crippen molar-refractivity contribution in [1.82, 2.24) is 4.98 Å². The number of aromatic nitrogens is 1. The fraction of sp³-hybridized carbons (Fsp3) is 0.455. The summed E-state index contributed by atoms with van der Waals surface area (Å²) >= 11 is 2.17. The van der Waals surface area contributed by atoms with Crippen molar-refractivity contribution in [3.63, 3.8) is 0 Å². The van der Waals surface area contributed by atoms with E-state index in [1.807, 2.05) is 25.1 Å². The van der Waals surface area contributed by atoms with E-state index < -0.39 is 11.4 Å². The molecule has 0 amide bonds. The lowest BCUT2D eigenvalue weighted by Gasteiger charge is -2.04. The molecule has 3 nitrogen and oxygen atoms in total. The molecule has 1 atom stereocenters. The first-order chi connectivity index (χ1) is 7.63. The highest BCUT2D eigenvalue weighted by Gasteiger charge is 2.07. The Labute approximate surface area is 108 Å². The van der Waals surface area contributed by atoms with Crippen molar-refractivity contribution in [3.8, 4) is 0 Å². The summed E-state index contributed by atoms with van der Waals surface area (Å²) in [6.07, 6.45) is 1.98. The summed E-state index contributed by atoms with van der Waals surface area (Å²) in [6.45, 7) is 3.91. The maximum absolute atomic E-state index is 11.6. The van der Waals surface area contributed by atoms with Gasteiger partial charge in [0.05, 0.1) is 17.1 Å². The van der Waals surface area contributed by atoms with Crippen LogP contribution in [0.4, 0.5) is 0 Å². The van der Waals surface area contributed by atoms with E-state index in [9.17, 15) is 4.55 Å². The van der Waals surface area contributed by atoms with Crippen molar-refractivity contribution in [2.45, 2.75) is 26.7 Å². The van der Waals surface area contributed by atoms with Gasteiger partial charge in [0, 0.05) is 0 Å². The summed E-state index contributed by atoms with van der Waals surface area (Å²) in [5.41, 5.74) is 1.48. The number of unbranched alkanes of at least 4 members (excludes halogenated alkanes) is 1. The average Bonchev–Trinajstić information content (AvgIpc) is 2.26. The SMILES string of the molecule is CCCC[S+]([O-])N=C(C)c1cccc(Br)n1. The number of hydrogen-bond donors (Lipinski definition) is 0. The van der Waals surface area contributed by atoms with Crippen molar-refractivity contribution in [1.29, 1.82) is 0 Å². The van der Waals surface area contributed by atoms with Crippen LogP contribution in [0.2, 0.25) is 0 Å². The molecule has 5 heteroatoms. The zero-order valence-corrected chi connectivity index (χ0v) is 11.8. The van der Waals surface area contributed by atoms with Crippen LogP contribution in [-0.4, -0.2) is 21.0 Å². The van der Waals surface area contributed by atoms with E-state index in [1.165, 1.54) is 0 Å². The lowest BCUT2D eigenvalue weighted by molar-refractivity contribution is 0.593. The van der Waals surface area contributed by atoms with Gasteiger partial charge in [-0.25, -0.2) is 4.98 Å². The Hall–Kier alpha value is -0.390. The Morgan fingerprint density at radius 3 is 2.94 bits per heavy atom. The van der Waals surface area contributed by atoms with Gasteiger partial charge in [0.2, 0.25) is 0 Å². The monoisotopic (exact) mass is 302 g/mol. The number of hydrogen-bond acceptors (Lipinski definition) is 3. The highest BCUT2D eigenvalue weighted by Crippen LogP contribution is 2.09. The first kappa shape index (κ1) is 13.7. The zero-order chi connectivity index (χ0) is 12.0. The molecule has 16 heavy (non-hydrogen) atoms. The second kappa shape index (κ2) is 7.04. The number of rotatable bonds is 5. The molecule has 1 unspecified atom stereocenters. The molecule has 0 N–H and O–H groups in total. The second-order valence-electron chi connectivity index (χ2n) is 3.40. The molecule has 0 bridgehead atoms. The highest BCUT2D eigenvalue weighted by atomic mass is 79.9. The topological polar surface area (TPSA) is 48.3 Å². The second-order valence-corrected chi connectivity index (χ2v) is 5.45. The zero-order valence-electron chi connectivity index (χ0n) is 9.44. The average molecular weight is 303 g/mol. The van der Waals surface area contributed by atoms with Gasteiger partial charge in [0.15, 0.2) is 0 Å². The van der Waals surface area contributed by atoms with E-state index >= 15 is 0 Å². The normalized spacial score (nSPS) is 13.9. The summed E-state index contributed by atoms with van der Waals surface area (Å²) in [5, 5.41) is 0. The van der Waals surface area contributed by atoms with Crippen molar-refractivity contribution in [2.75, 3.05) is 5.75 Å². The lowest BCUT2D eigenvalue weighted by atomic mass is 10.3. The number of pyridine rings is 1. The van der Waals surface area contributed by atoms with Gasteiger partial charge in [-0.3, -0.25) is 0 Å². The van der Waals surface area contributed by atoms with E-state index in [4.69, 9.17) is 0 Å². The smallest absolute Gasteiger partial charge is 0.133 e. The van der Waals surface area contributed by atoms with Gasteiger partial charge >= 0.3 is 0 Å². The molecule has 88 valence electrons. The quantitative estimate of drug-likeness (QED) is 0.477. The fourth-order valence-corrected chi connectivity index (χ4v) is 2.49. The van der Waals surface area contributed by atoms with E-state index in [1.54, 1.807) is 0 Å². The first-order valence-corrected chi connectivity index (χ1v) is 7.27. The highest BCUT2D eigenvalue weighted by molar-refractivity contribution is 9.10. The molecular weight excluding hydrogens is 288 g/mol. The van der Waals surface area contributed by atoms with Crippen LogP contribution >= 0.6 is 15.9 Å². The van der Waals surface area contributed by atoms with Gasteiger partial charge in [-0.05, 0) is 41.4 Å². The Kier molecular flexibility index (Phi) is 6.01. The van der Waals surface area contributed by atoms with Crippen LogP contribution in [0.3, 0.4) is 0 Å². The molecule has 0 spiro atoms. The Morgan fingerprint density at radius 2 is 2.31 bits per heavy atom. The maximum atomic E-state index is 11.6. The molecule has 1 aromatic heterocycles. The molecular formula is C11H15BrN2OS. The molecule has 0 saturated heterocycles. The minimum Gasteiger partial charge on any atom is -0.591 e. The molecule has 1 heterocycles. The maximum Gasteiger partial charge on any atom is 0.133 e. The molecule has 1 aromatic rings. The molecule has 0 radical (unpaired) electrons. The van der Waals surface area contributed by atoms with Crippen molar-refractivity contribution in [3.05, 3.63) is 28.5 Å². The third-order valence-corrected chi connectivity index (χ3v) is 3.55. The van der Waals surface area contributed by atoms with Crippen molar-refractivity contribution < 1.29 is 4.55 Å². The summed E-state index contributed by atoms with van der Waals surface area (Å²) < 4.78 is 16.4. The summed E-state index contributed by atoms with van der Waals surface area (Å²) in [6, 6.07) is 5.60. The first-order valence-electron chi connectivity index (χ1n) is 5.20. The standard InChI is InChI=1S/C11H15BrN2OS/c1-3-4-8-16(15)14-9(2)10-6-5-7-11(12)13-10/h5-7H,3-4,8H2,1-2H3. The Balaban J connectivity index is 2.69. The predicted octanol–water partition coefficient (Wildman–Crippen LogP) is 3.12. The minimum absolute atomic E-state index is 0.627. The number of halogens is 1. The van der Waals surface area contributed by atoms with Crippen LogP contribution in [0, 0.1) is 0 Å². The van der Waals surface area contributed by atoms with E-state index in [2.05, 4.69) is 32.2 Å². The van der Waals surface area contributed by atoms with Crippen LogP contribution in [0.15, 0.2) is 27.2 Å². The minimum atomic E-state index is -1.12. The molecule has 0 fully saturated rings. The van der Waals surface area contributed by atoms with Gasteiger partial charge in [0.25, 0.3) is 0 Å². The van der Waals surface area contributed by atoms with Gasteiger partial charge in [-0.2, -0.15) is 0 Å². The van der Waals surface area contributed by atoms with Crippen molar-refractivity contribution >= 4 is 33.0 Å². The van der Waals surface area contributed by atoms with Crippen LogP contribution < -0.4 is 0 Å². The van der Waals surface area contributed by atoms with Gasteiger partial charge in [-0.15, -0.1) is 0 Å². The molecule has 0 saturated carbocycles.